The van der Waals surface area contributed by atoms with Crippen molar-refractivity contribution in [3.63, 3.8) is 0 Å². The lowest BCUT2D eigenvalue weighted by molar-refractivity contribution is 0.617. The lowest BCUT2D eigenvalue weighted by Crippen LogP contribution is -2.01. The third kappa shape index (κ3) is 1.47. The van der Waals surface area contributed by atoms with E-state index in [9.17, 15) is 0 Å². The minimum atomic E-state index is 0.467. The van der Waals surface area contributed by atoms with E-state index in [-0.39, 0.29) is 0 Å². The first kappa shape index (κ1) is 10.8. The highest BCUT2D eigenvalue weighted by molar-refractivity contribution is 5.95. The Bertz CT molecular complexity index is 754. The van der Waals surface area contributed by atoms with Gasteiger partial charge < -0.3 is 10.2 Å². The van der Waals surface area contributed by atoms with E-state index in [2.05, 4.69) is 15.8 Å². The summed E-state index contributed by atoms with van der Waals surface area (Å²) >= 11 is 0. The standard InChI is InChI=1S/C15H15N3O/c16-8-12-15(13-5-3-7-18(13)17-12)11-9-19-14-6-2-1-4-10(11)14/h1-2,4,6,9H,3,5,7-8,16H2. The summed E-state index contributed by atoms with van der Waals surface area (Å²) in [5, 5.41) is 5.76. The molecule has 1 aliphatic rings. The first-order valence-corrected chi connectivity index (χ1v) is 6.63. The normalized spacial score (nSPS) is 14.2. The number of hydrogen-bond donors (Lipinski definition) is 1. The van der Waals surface area contributed by atoms with Gasteiger partial charge >= 0.3 is 0 Å². The second-order valence-corrected chi connectivity index (χ2v) is 4.94. The summed E-state index contributed by atoms with van der Waals surface area (Å²) in [5.41, 5.74) is 11.4. The van der Waals surface area contributed by atoms with Crippen LogP contribution in [0.15, 0.2) is 34.9 Å². The Morgan fingerprint density at radius 1 is 1.32 bits per heavy atom. The first-order valence-electron chi connectivity index (χ1n) is 6.63. The van der Waals surface area contributed by atoms with Gasteiger partial charge in [0.15, 0.2) is 0 Å². The summed E-state index contributed by atoms with van der Waals surface area (Å²) in [6.45, 7) is 1.47. The Morgan fingerprint density at radius 3 is 3.11 bits per heavy atom. The third-order valence-corrected chi connectivity index (χ3v) is 3.86. The maximum Gasteiger partial charge on any atom is 0.134 e. The molecule has 0 aliphatic carbocycles. The molecule has 4 nitrogen and oxygen atoms in total. The molecule has 0 amide bonds. The first-order chi connectivity index (χ1) is 9.38. The number of hydrogen-bond acceptors (Lipinski definition) is 3. The van der Waals surface area contributed by atoms with Gasteiger partial charge in [-0.1, -0.05) is 18.2 Å². The van der Waals surface area contributed by atoms with Gasteiger partial charge in [-0.05, 0) is 18.9 Å². The van der Waals surface area contributed by atoms with E-state index in [1.165, 1.54) is 11.3 Å². The molecule has 4 rings (SSSR count). The topological polar surface area (TPSA) is 57.0 Å². The van der Waals surface area contributed by atoms with Gasteiger partial charge in [-0.2, -0.15) is 5.10 Å². The van der Waals surface area contributed by atoms with Gasteiger partial charge in [-0.3, -0.25) is 4.68 Å². The molecule has 1 aromatic carbocycles. The third-order valence-electron chi connectivity index (χ3n) is 3.86. The van der Waals surface area contributed by atoms with Crippen molar-refractivity contribution < 1.29 is 4.42 Å². The number of furan rings is 1. The second-order valence-electron chi connectivity index (χ2n) is 4.94. The fraction of sp³-hybridized carbons (Fsp3) is 0.267. The van der Waals surface area contributed by atoms with Crippen LogP contribution in [0.25, 0.3) is 22.1 Å². The van der Waals surface area contributed by atoms with E-state index in [4.69, 9.17) is 10.2 Å². The zero-order chi connectivity index (χ0) is 12.8. The van der Waals surface area contributed by atoms with Crippen LogP contribution >= 0.6 is 0 Å². The number of fused-ring (bicyclic) bond motifs is 2. The summed E-state index contributed by atoms with van der Waals surface area (Å²) in [7, 11) is 0. The molecule has 0 unspecified atom stereocenters. The molecule has 0 fully saturated rings. The molecule has 96 valence electrons. The molecule has 0 bridgehead atoms. The second kappa shape index (κ2) is 3.96. The number of para-hydroxylation sites is 1. The number of nitrogens with zero attached hydrogens (tertiary/aromatic N) is 2. The lowest BCUT2D eigenvalue weighted by atomic mass is 10.0. The van der Waals surface area contributed by atoms with Crippen molar-refractivity contribution in [3.8, 4) is 11.1 Å². The van der Waals surface area contributed by atoms with Crippen LogP contribution in [0, 0.1) is 0 Å². The van der Waals surface area contributed by atoms with Crippen molar-refractivity contribution >= 4 is 11.0 Å². The van der Waals surface area contributed by atoms with Crippen LogP contribution in [0.4, 0.5) is 0 Å². The molecule has 0 saturated heterocycles. The van der Waals surface area contributed by atoms with Crippen LogP contribution in [0.3, 0.4) is 0 Å². The van der Waals surface area contributed by atoms with Crippen molar-refractivity contribution in [3.05, 3.63) is 41.9 Å². The van der Waals surface area contributed by atoms with Crippen LogP contribution in [-0.4, -0.2) is 9.78 Å². The van der Waals surface area contributed by atoms with Crippen molar-refractivity contribution in [1.82, 2.24) is 9.78 Å². The fourth-order valence-electron chi connectivity index (χ4n) is 3.01. The molecule has 2 N–H and O–H groups in total. The molecule has 0 radical (unpaired) electrons. The van der Waals surface area contributed by atoms with Gasteiger partial charge in [0.05, 0.1) is 12.0 Å². The predicted molar refractivity (Wildman–Crippen MR) is 73.6 cm³/mol. The van der Waals surface area contributed by atoms with Crippen LogP contribution in [0.2, 0.25) is 0 Å². The van der Waals surface area contributed by atoms with Crippen LogP contribution < -0.4 is 5.73 Å². The number of rotatable bonds is 2. The fourth-order valence-corrected chi connectivity index (χ4v) is 3.01. The highest BCUT2D eigenvalue weighted by atomic mass is 16.3. The monoisotopic (exact) mass is 253 g/mol. The summed E-state index contributed by atoms with van der Waals surface area (Å²) in [5.74, 6) is 0. The molecule has 4 heteroatoms. The Morgan fingerprint density at radius 2 is 2.21 bits per heavy atom. The maximum absolute atomic E-state index is 5.86. The molecule has 0 spiro atoms. The van der Waals surface area contributed by atoms with E-state index in [0.717, 1.165) is 41.6 Å². The summed E-state index contributed by atoms with van der Waals surface area (Å²) in [6.07, 6.45) is 4.07. The predicted octanol–water partition coefficient (Wildman–Crippen LogP) is 2.70. The number of benzene rings is 1. The zero-order valence-corrected chi connectivity index (χ0v) is 10.6. The molecule has 1 aliphatic heterocycles. The molecule has 2 aromatic heterocycles. The van der Waals surface area contributed by atoms with Crippen molar-refractivity contribution in [2.24, 2.45) is 5.73 Å². The highest BCUT2D eigenvalue weighted by Crippen LogP contribution is 2.37. The Kier molecular flexibility index (Phi) is 2.26. The molecular weight excluding hydrogens is 238 g/mol. The van der Waals surface area contributed by atoms with E-state index in [1.54, 1.807) is 0 Å². The van der Waals surface area contributed by atoms with Gasteiger partial charge in [0, 0.05) is 35.3 Å². The number of aromatic nitrogens is 2. The number of nitrogens with two attached hydrogens (primary N) is 1. The quantitative estimate of drug-likeness (QED) is 0.764. The molecular formula is C15H15N3O. The van der Waals surface area contributed by atoms with E-state index >= 15 is 0 Å². The van der Waals surface area contributed by atoms with Gasteiger partial charge in [0.2, 0.25) is 0 Å². The summed E-state index contributed by atoms with van der Waals surface area (Å²) in [6, 6.07) is 8.10. The van der Waals surface area contributed by atoms with Crippen molar-refractivity contribution in [2.75, 3.05) is 0 Å². The zero-order valence-electron chi connectivity index (χ0n) is 10.6. The molecule has 3 aromatic rings. The van der Waals surface area contributed by atoms with E-state index in [0.29, 0.717) is 6.54 Å². The average molecular weight is 253 g/mol. The molecule has 0 atom stereocenters. The Balaban J connectivity index is 2.02. The summed E-state index contributed by atoms with van der Waals surface area (Å²) < 4.78 is 7.75. The minimum Gasteiger partial charge on any atom is -0.464 e. The largest absolute Gasteiger partial charge is 0.464 e. The van der Waals surface area contributed by atoms with Crippen LogP contribution in [0.5, 0.6) is 0 Å². The SMILES string of the molecule is NCc1nn2c(c1-c1coc3ccccc13)CCC2. The molecule has 3 heterocycles. The van der Waals surface area contributed by atoms with Gasteiger partial charge in [0.1, 0.15) is 5.58 Å². The highest BCUT2D eigenvalue weighted by Gasteiger charge is 2.24. The smallest absolute Gasteiger partial charge is 0.134 e. The van der Waals surface area contributed by atoms with Gasteiger partial charge in [-0.15, -0.1) is 0 Å². The molecule has 0 saturated carbocycles. The van der Waals surface area contributed by atoms with Crippen molar-refractivity contribution in [2.45, 2.75) is 25.9 Å². The molecule has 19 heavy (non-hydrogen) atoms. The minimum absolute atomic E-state index is 0.467. The lowest BCUT2D eigenvalue weighted by Gasteiger charge is -2.01. The van der Waals surface area contributed by atoms with Gasteiger partial charge in [-0.25, -0.2) is 0 Å². The van der Waals surface area contributed by atoms with Crippen LogP contribution in [-0.2, 0) is 19.5 Å². The Labute approximate surface area is 110 Å². The Hall–Kier alpha value is -2.07. The van der Waals surface area contributed by atoms with Crippen molar-refractivity contribution in [1.29, 1.82) is 0 Å². The maximum atomic E-state index is 5.86. The van der Waals surface area contributed by atoms with Crippen LogP contribution in [0.1, 0.15) is 17.8 Å². The summed E-state index contributed by atoms with van der Waals surface area (Å²) in [4.78, 5) is 0. The van der Waals surface area contributed by atoms with Gasteiger partial charge in [0.25, 0.3) is 0 Å². The number of aryl methyl sites for hydroxylation is 1. The van der Waals surface area contributed by atoms with E-state index in [1.807, 2.05) is 24.5 Å². The average Bonchev–Trinajstić information content (AvgIpc) is 3.11. The van der Waals surface area contributed by atoms with E-state index < -0.39 is 0 Å².